The van der Waals surface area contributed by atoms with Crippen LogP contribution in [0, 0.1) is 0 Å². The Labute approximate surface area is 187 Å². The normalized spacial score (nSPS) is 16.3. The van der Waals surface area contributed by atoms with Crippen molar-refractivity contribution in [3.8, 4) is 28.7 Å². The highest BCUT2D eigenvalue weighted by Gasteiger charge is 2.36. The van der Waals surface area contributed by atoms with Gasteiger partial charge in [0, 0.05) is 16.7 Å². The number of carbonyl (C=O) groups is 2. The van der Waals surface area contributed by atoms with Crippen LogP contribution in [0.1, 0.15) is 11.1 Å². The Hall–Kier alpha value is -3.04. The second kappa shape index (κ2) is 8.60. The number of amides is 2. The summed E-state index contributed by atoms with van der Waals surface area (Å²) < 4.78 is 26.7. The maximum atomic E-state index is 13.0. The predicted molar refractivity (Wildman–Crippen MR) is 115 cm³/mol. The molecule has 1 fully saturated rings. The molecule has 0 atom stereocenters. The molecule has 0 unspecified atom stereocenters. The molecule has 0 spiro atoms. The minimum absolute atomic E-state index is 0.0144. The quantitative estimate of drug-likeness (QED) is 0.585. The second-order valence-corrected chi connectivity index (χ2v) is 7.89. The van der Waals surface area contributed by atoms with Crippen LogP contribution < -0.4 is 23.7 Å². The largest absolute Gasteiger partial charge is 0.493 e. The molecule has 31 heavy (non-hydrogen) atoms. The first kappa shape index (κ1) is 21.2. The fourth-order valence-corrected chi connectivity index (χ4v) is 4.31. The van der Waals surface area contributed by atoms with Crippen LogP contribution in [0.3, 0.4) is 0 Å². The molecule has 10 heteroatoms. The number of imide groups is 1. The van der Waals surface area contributed by atoms with Gasteiger partial charge in [0.1, 0.15) is 0 Å². The van der Waals surface area contributed by atoms with E-state index in [0.717, 1.165) is 16.7 Å². The molecule has 0 bridgehead atoms. The van der Waals surface area contributed by atoms with Crippen LogP contribution in [-0.4, -0.2) is 44.2 Å². The number of hydrogen-bond acceptors (Lipinski definition) is 8. The zero-order chi connectivity index (χ0) is 22.1. The summed E-state index contributed by atoms with van der Waals surface area (Å²) in [6.07, 6.45) is 1.59. The molecule has 162 valence electrons. The number of carbonyl (C=O) groups excluding carboxylic acids is 2. The molecule has 2 amide bonds. The number of ether oxygens (including phenoxy) is 5. The van der Waals surface area contributed by atoms with Crippen LogP contribution in [0.4, 0.5) is 4.79 Å². The van der Waals surface area contributed by atoms with Crippen LogP contribution in [-0.2, 0) is 11.3 Å². The zero-order valence-corrected chi connectivity index (χ0v) is 18.5. The van der Waals surface area contributed by atoms with Gasteiger partial charge in [0.05, 0.1) is 32.8 Å². The molecule has 0 aromatic heterocycles. The average molecular weight is 464 g/mol. The number of nitrogens with zero attached hydrogens (tertiary/aromatic N) is 1. The molecule has 0 saturated carbocycles. The number of thioether (sulfide) groups is 1. The number of fused-ring (bicyclic) bond motifs is 1. The zero-order valence-electron chi connectivity index (χ0n) is 16.9. The van der Waals surface area contributed by atoms with Crippen LogP contribution in [0.25, 0.3) is 6.08 Å². The molecule has 2 heterocycles. The van der Waals surface area contributed by atoms with E-state index in [1.807, 2.05) is 0 Å². The lowest BCUT2D eigenvalue weighted by atomic mass is 10.1. The summed E-state index contributed by atoms with van der Waals surface area (Å²) in [5, 5.41) is -0.0155. The number of hydrogen-bond donors (Lipinski definition) is 0. The van der Waals surface area contributed by atoms with Gasteiger partial charge in [-0.15, -0.1) is 0 Å². The molecule has 1 saturated heterocycles. The van der Waals surface area contributed by atoms with Crippen LogP contribution in [0.15, 0.2) is 29.2 Å². The first-order chi connectivity index (χ1) is 15.0. The molecule has 4 rings (SSSR count). The summed E-state index contributed by atoms with van der Waals surface area (Å²) in [5.41, 5.74) is 1.16. The lowest BCUT2D eigenvalue weighted by Gasteiger charge is -2.15. The molecular weight excluding hydrogens is 446 g/mol. The van der Waals surface area contributed by atoms with Crippen LogP contribution in [0.5, 0.6) is 28.7 Å². The van der Waals surface area contributed by atoms with E-state index < -0.39 is 11.1 Å². The van der Waals surface area contributed by atoms with E-state index in [9.17, 15) is 9.59 Å². The van der Waals surface area contributed by atoms with E-state index in [2.05, 4.69) is 0 Å². The summed E-state index contributed by atoms with van der Waals surface area (Å²) in [4.78, 5) is 26.9. The number of rotatable bonds is 6. The molecule has 2 aromatic carbocycles. The third-order valence-electron chi connectivity index (χ3n) is 4.76. The third-order valence-corrected chi connectivity index (χ3v) is 6.02. The highest BCUT2D eigenvalue weighted by molar-refractivity contribution is 8.18. The second-order valence-electron chi connectivity index (χ2n) is 6.49. The van der Waals surface area contributed by atoms with Gasteiger partial charge in [-0.1, -0.05) is 11.6 Å². The molecule has 0 aliphatic carbocycles. The van der Waals surface area contributed by atoms with Crippen molar-refractivity contribution in [2.24, 2.45) is 0 Å². The van der Waals surface area contributed by atoms with Gasteiger partial charge in [-0.3, -0.25) is 14.5 Å². The van der Waals surface area contributed by atoms with Crippen molar-refractivity contribution in [2.75, 3.05) is 28.1 Å². The molecular formula is C21H18ClNO7S. The minimum atomic E-state index is -0.430. The highest BCUT2D eigenvalue weighted by atomic mass is 35.5. The predicted octanol–water partition coefficient (Wildman–Crippen LogP) is 4.33. The Balaban J connectivity index is 1.63. The number of halogens is 1. The molecule has 2 aromatic rings. The SMILES string of the molecule is COc1ccc(/C=C2\SC(=O)N(Cc3cc4c(cc3Cl)OCO4)C2=O)c(OC)c1OC. The van der Waals surface area contributed by atoms with E-state index in [4.69, 9.17) is 35.3 Å². The van der Waals surface area contributed by atoms with Gasteiger partial charge in [-0.25, -0.2) is 0 Å². The van der Waals surface area contributed by atoms with Gasteiger partial charge >= 0.3 is 0 Å². The Morgan fingerprint density at radius 1 is 1.06 bits per heavy atom. The van der Waals surface area contributed by atoms with Crippen molar-refractivity contribution < 1.29 is 33.3 Å². The molecule has 8 nitrogen and oxygen atoms in total. The number of benzene rings is 2. The monoisotopic (exact) mass is 463 g/mol. The van der Waals surface area contributed by atoms with Crippen molar-refractivity contribution in [1.29, 1.82) is 0 Å². The summed E-state index contributed by atoms with van der Waals surface area (Å²) >= 11 is 7.14. The molecule has 2 aliphatic rings. The van der Waals surface area contributed by atoms with Gasteiger partial charge < -0.3 is 23.7 Å². The Kier molecular flexibility index (Phi) is 5.88. The Morgan fingerprint density at radius 3 is 2.45 bits per heavy atom. The van der Waals surface area contributed by atoms with Crippen molar-refractivity contribution in [3.05, 3.63) is 45.3 Å². The maximum Gasteiger partial charge on any atom is 0.293 e. The van der Waals surface area contributed by atoms with E-state index in [1.165, 1.54) is 21.3 Å². The molecule has 0 radical (unpaired) electrons. The van der Waals surface area contributed by atoms with Gasteiger partial charge in [0.25, 0.3) is 11.1 Å². The van der Waals surface area contributed by atoms with Crippen LogP contribution in [0.2, 0.25) is 5.02 Å². The van der Waals surface area contributed by atoms with E-state index >= 15 is 0 Å². The molecule has 2 aliphatic heterocycles. The number of methoxy groups -OCH3 is 3. The maximum absolute atomic E-state index is 13.0. The van der Waals surface area contributed by atoms with Gasteiger partial charge in [0.15, 0.2) is 23.0 Å². The van der Waals surface area contributed by atoms with Gasteiger partial charge in [-0.05, 0) is 41.6 Å². The fourth-order valence-electron chi connectivity index (χ4n) is 3.27. The lowest BCUT2D eigenvalue weighted by molar-refractivity contribution is -0.123. The van der Waals surface area contributed by atoms with E-state index in [1.54, 1.807) is 30.3 Å². The third kappa shape index (κ3) is 3.86. The summed E-state index contributed by atoms with van der Waals surface area (Å²) in [6, 6.07) is 6.71. The van der Waals surface area contributed by atoms with Gasteiger partial charge in [-0.2, -0.15) is 0 Å². The Bertz CT molecular complexity index is 1100. The van der Waals surface area contributed by atoms with Crippen molar-refractivity contribution in [2.45, 2.75) is 6.54 Å². The van der Waals surface area contributed by atoms with Crippen molar-refractivity contribution in [1.82, 2.24) is 4.90 Å². The summed E-state index contributed by atoms with van der Waals surface area (Å²) in [5.74, 6) is 1.90. The standard InChI is InChI=1S/C21H18ClNO7S/c1-26-14-5-4-11(18(27-2)19(14)28-3)7-17-20(24)23(21(25)31-17)9-12-6-15-16(8-13(12)22)30-10-29-15/h4-8H,9-10H2,1-3H3/b17-7-. The first-order valence-corrected chi connectivity index (χ1v) is 10.3. The Morgan fingerprint density at radius 2 is 1.77 bits per heavy atom. The van der Waals surface area contributed by atoms with Gasteiger partial charge in [0.2, 0.25) is 12.5 Å². The molecule has 0 N–H and O–H groups in total. The van der Waals surface area contributed by atoms with Crippen molar-refractivity contribution in [3.63, 3.8) is 0 Å². The van der Waals surface area contributed by atoms with E-state index in [-0.39, 0.29) is 18.2 Å². The first-order valence-electron chi connectivity index (χ1n) is 9.09. The lowest BCUT2D eigenvalue weighted by Crippen LogP contribution is -2.27. The highest BCUT2D eigenvalue weighted by Crippen LogP contribution is 2.43. The smallest absolute Gasteiger partial charge is 0.293 e. The fraction of sp³-hybridized carbons (Fsp3) is 0.238. The summed E-state index contributed by atoms with van der Waals surface area (Å²) in [6.45, 7) is 0.118. The van der Waals surface area contributed by atoms with Crippen LogP contribution >= 0.6 is 23.4 Å². The summed E-state index contributed by atoms with van der Waals surface area (Å²) in [7, 11) is 4.50. The van der Waals surface area contributed by atoms with E-state index in [0.29, 0.717) is 44.9 Å². The average Bonchev–Trinajstić information content (AvgIpc) is 3.32. The van der Waals surface area contributed by atoms with Crippen molar-refractivity contribution >= 4 is 40.6 Å². The minimum Gasteiger partial charge on any atom is -0.493 e. The topological polar surface area (TPSA) is 83.5 Å².